The van der Waals surface area contributed by atoms with Gasteiger partial charge >= 0.3 is 6.18 Å². The number of rotatable bonds is 7. The van der Waals surface area contributed by atoms with E-state index in [0.717, 1.165) is 6.92 Å². The van der Waals surface area contributed by atoms with Gasteiger partial charge in [-0.3, -0.25) is 9.59 Å². The van der Waals surface area contributed by atoms with E-state index in [4.69, 9.17) is 4.43 Å². The third-order valence-electron chi connectivity index (χ3n) is 8.04. The van der Waals surface area contributed by atoms with Crippen LogP contribution in [0, 0.1) is 6.92 Å². The van der Waals surface area contributed by atoms with Gasteiger partial charge < -0.3 is 14.6 Å². The summed E-state index contributed by atoms with van der Waals surface area (Å²) < 4.78 is 92.5. The van der Waals surface area contributed by atoms with Crippen LogP contribution >= 0.6 is 0 Å². The van der Waals surface area contributed by atoms with E-state index in [9.17, 15) is 35.8 Å². The minimum Gasteiger partial charge on any atom is -0.407 e. The number of hydrogen-bond donors (Lipinski definition) is 1. The fourth-order valence-corrected chi connectivity index (χ4v) is 6.54. The van der Waals surface area contributed by atoms with E-state index in [1.807, 2.05) is 33.9 Å². The molecule has 244 valence electrons. The summed E-state index contributed by atoms with van der Waals surface area (Å²) in [7, 11) is -5.56. The maximum Gasteiger partial charge on any atom is 0.418 e. The van der Waals surface area contributed by atoms with Gasteiger partial charge in [0, 0.05) is 49.0 Å². The molecule has 2 aromatic rings. The predicted octanol–water partition coefficient (Wildman–Crippen LogP) is 7.29. The van der Waals surface area contributed by atoms with E-state index in [-0.39, 0.29) is 54.0 Å². The molecule has 8 nitrogen and oxygen atoms in total. The van der Waals surface area contributed by atoms with Crippen LogP contribution in [0.2, 0.25) is 18.1 Å². The van der Waals surface area contributed by atoms with Crippen molar-refractivity contribution in [3.63, 3.8) is 0 Å². The quantitative estimate of drug-likeness (QED) is 0.247. The molecule has 0 aliphatic carbocycles. The number of nitrogens with one attached hydrogen (secondary N) is 1. The third-order valence-corrected chi connectivity index (χ3v) is 14.2. The zero-order valence-corrected chi connectivity index (χ0v) is 27.7. The maximum absolute atomic E-state index is 14.0. The molecule has 2 heterocycles. The van der Waals surface area contributed by atoms with E-state index in [0.29, 0.717) is 6.20 Å². The number of benzene rings is 1. The van der Waals surface area contributed by atoms with Crippen molar-refractivity contribution in [2.24, 2.45) is 4.36 Å². The second-order valence-electron chi connectivity index (χ2n) is 12.5. The van der Waals surface area contributed by atoms with Crippen LogP contribution in [-0.4, -0.2) is 61.2 Å². The summed E-state index contributed by atoms with van der Waals surface area (Å²) in [4.78, 5) is 31.5. The van der Waals surface area contributed by atoms with Crippen LogP contribution in [0.4, 0.5) is 33.5 Å². The highest BCUT2D eigenvalue weighted by Gasteiger charge is 2.39. The number of alkyl halides is 5. The lowest BCUT2D eigenvalue weighted by atomic mass is 10.0. The number of anilines is 2. The molecule has 1 aromatic heterocycles. The lowest BCUT2D eigenvalue weighted by molar-refractivity contribution is -0.138. The van der Waals surface area contributed by atoms with E-state index in [2.05, 4.69) is 14.7 Å². The minimum absolute atomic E-state index is 0.0614. The Bertz CT molecular complexity index is 1530. The minimum atomic E-state index is -4.81. The van der Waals surface area contributed by atoms with E-state index < -0.39 is 65.1 Å². The van der Waals surface area contributed by atoms with Gasteiger partial charge in [0.15, 0.2) is 8.32 Å². The van der Waals surface area contributed by atoms with Gasteiger partial charge in [-0.2, -0.15) is 17.5 Å². The average Bonchev–Trinajstić information content (AvgIpc) is 3.06. The summed E-state index contributed by atoms with van der Waals surface area (Å²) in [6, 6.07) is 5.65. The van der Waals surface area contributed by atoms with Gasteiger partial charge in [0.1, 0.15) is 12.4 Å². The molecule has 1 N–H and O–H groups in total. The molecule has 0 unspecified atom stereocenters. The van der Waals surface area contributed by atoms with E-state index in [1.54, 1.807) is 0 Å². The van der Waals surface area contributed by atoms with Crippen LogP contribution in [0.5, 0.6) is 0 Å². The molecule has 1 aliphatic heterocycles. The van der Waals surface area contributed by atoms with Gasteiger partial charge in [-0.05, 0) is 55.2 Å². The molecule has 0 saturated carbocycles. The standard InChI is InChI=1S/C29H39F5N4O4SSi/c1-19-22(29(32,33)34)17-35-25(38-14-9-12-28(30,31)13-15-38)24(19)26(40)36-20-10-8-11-21(16-20)43(5,41)37-23(39)18-42-44(6,7)27(2,3)4/h8,10-11,16-17H,9,12-15,18H2,1-7H3,(H,36,40)/t43-/m1/s1. The Kier molecular flexibility index (Phi) is 10.4. The number of carbonyl (C=O) groups is 2. The van der Waals surface area contributed by atoms with E-state index in [1.165, 1.54) is 35.4 Å². The van der Waals surface area contributed by atoms with Gasteiger partial charge in [0.2, 0.25) is 5.92 Å². The molecule has 0 radical (unpaired) electrons. The first-order valence-electron chi connectivity index (χ1n) is 14.0. The summed E-state index contributed by atoms with van der Waals surface area (Å²) in [5.41, 5.74) is -1.87. The summed E-state index contributed by atoms with van der Waals surface area (Å²) >= 11 is 0. The zero-order valence-electron chi connectivity index (χ0n) is 25.9. The fraction of sp³-hybridized carbons (Fsp3) is 0.552. The van der Waals surface area contributed by atoms with Gasteiger partial charge in [0.05, 0.1) is 20.9 Å². The van der Waals surface area contributed by atoms with Gasteiger partial charge in [-0.25, -0.2) is 18.0 Å². The average molecular weight is 663 g/mol. The SMILES string of the molecule is Cc1c(C(F)(F)F)cnc(N2CCCC(F)(F)CC2)c1C(=O)Nc1cccc([S@@](C)(=O)=NC(=O)CO[Si](C)(C)C(C)(C)C)c1. The van der Waals surface area contributed by atoms with Crippen LogP contribution in [-0.2, 0) is 25.1 Å². The second kappa shape index (κ2) is 12.8. The summed E-state index contributed by atoms with van der Waals surface area (Å²) in [6.45, 7) is 10.6. The molecule has 1 fully saturated rings. The lowest BCUT2D eigenvalue weighted by Gasteiger charge is -2.35. The largest absolute Gasteiger partial charge is 0.418 e. The normalized spacial score (nSPS) is 17.4. The van der Waals surface area contributed by atoms with Gasteiger partial charge in [-0.15, -0.1) is 0 Å². The highest BCUT2D eigenvalue weighted by molar-refractivity contribution is 7.93. The molecule has 3 rings (SSSR count). The van der Waals surface area contributed by atoms with Crippen molar-refractivity contribution in [1.82, 2.24) is 4.98 Å². The van der Waals surface area contributed by atoms with E-state index >= 15 is 0 Å². The van der Waals surface area contributed by atoms with Gasteiger partial charge in [0.25, 0.3) is 11.8 Å². The van der Waals surface area contributed by atoms with Crippen LogP contribution in [0.25, 0.3) is 0 Å². The highest BCUT2D eigenvalue weighted by atomic mass is 32.2. The second-order valence-corrected chi connectivity index (χ2v) is 19.6. The molecular weight excluding hydrogens is 623 g/mol. The number of pyridine rings is 1. The van der Waals surface area contributed by atoms with Crippen molar-refractivity contribution in [1.29, 1.82) is 0 Å². The molecule has 1 saturated heterocycles. The smallest absolute Gasteiger partial charge is 0.407 e. The molecule has 0 bridgehead atoms. The van der Waals surface area contributed by atoms with Crippen LogP contribution in [0.15, 0.2) is 39.7 Å². The van der Waals surface area contributed by atoms with Crippen molar-refractivity contribution in [2.45, 2.75) is 82.1 Å². The Morgan fingerprint density at radius 3 is 2.43 bits per heavy atom. The predicted molar refractivity (Wildman–Crippen MR) is 162 cm³/mol. The monoisotopic (exact) mass is 662 g/mol. The van der Waals surface area contributed by atoms with Crippen molar-refractivity contribution >= 4 is 41.4 Å². The molecular formula is C29H39F5N4O4SSi. The number of carbonyl (C=O) groups excluding carboxylic acids is 2. The summed E-state index contributed by atoms with van der Waals surface area (Å²) in [5.74, 6) is -4.74. The first kappa shape index (κ1) is 35.6. The Morgan fingerprint density at radius 2 is 1.82 bits per heavy atom. The summed E-state index contributed by atoms with van der Waals surface area (Å²) in [5, 5.41) is 2.37. The molecule has 15 heteroatoms. The topological polar surface area (TPSA) is 101 Å². The zero-order chi connectivity index (χ0) is 33.3. The van der Waals surface area contributed by atoms with Gasteiger partial charge in [-0.1, -0.05) is 26.8 Å². The molecule has 1 aromatic carbocycles. The fourth-order valence-electron chi connectivity index (χ4n) is 4.40. The molecule has 2 amide bonds. The number of halogens is 5. The molecule has 0 spiro atoms. The number of nitrogens with zero attached hydrogens (tertiary/aromatic N) is 3. The van der Waals surface area contributed by atoms with Crippen LogP contribution < -0.4 is 10.2 Å². The molecule has 1 aliphatic rings. The number of aromatic nitrogens is 1. The van der Waals surface area contributed by atoms with Crippen molar-refractivity contribution in [3.05, 3.63) is 47.2 Å². The Hall–Kier alpha value is -2.91. The van der Waals surface area contributed by atoms with Crippen molar-refractivity contribution in [3.8, 4) is 0 Å². The van der Waals surface area contributed by atoms with Crippen LogP contribution in [0.1, 0.15) is 61.5 Å². The third kappa shape index (κ3) is 8.62. The van der Waals surface area contributed by atoms with Crippen molar-refractivity contribution in [2.75, 3.05) is 36.2 Å². The first-order valence-corrected chi connectivity index (χ1v) is 18.9. The first-order chi connectivity index (χ1) is 20.0. The van der Waals surface area contributed by atoms with Crippen molar-refractivity contribution < 1.29 is 40.2 Å². The molecule has 1 atom stereocenters. The van der Waals surface area contributed by atoms with Crippen LogP contribution in [0.3, 0.4) is 0 Å². The Balaban J connectivity index is 1.93. The highest BCUT2D eigenvalue weighted by Crippen LogP contribution is 2.38. The molecule has 44 heavy (non-hydrogen) atoms. The Morgan fingerprint density at radius 1 is 1.16 bits per heavy atom. The number of amides is 2. The number of hydrogen-bond acceptors (Lipinski definition) is 6. The summed E-state index contributed by atoms with van der Waals surface area (Å²) in [6.07, 6.45) is -3.81. The lowest BCUT2D eigenvalue weighted by Crippen LogP contribution is -2.42. The Labute approximate surface area is 256 Å². The maximum atomic E-state index is 14.0.